The number of nitrogens with two attached hydrogens (primary N) is 1. The molecular weight excluding hydrogens is 238 g/mol. The molecule has 0 fully saturated rings. The molecule has 0 aliphatic rings. The second-order valence-electron chi connectivity index (χ2n) is 5.77. The first kappa shape index (κ1) is 16.0. The van der Waals surface area contributed by atoms with Crippen molar-refractivity contribution in [2.75, 3.05) is 0 Å². The zero-order valence-electron chi connectivity index (χ0n) is 12.5. The van der Waals surface area contributed by atoms with E-state index in [9.17, 15) is 5.11 Å². The fraction of sp³-hybridized carbons (Fsp3) is 0.625. The molecule has 0 saturated carbocycles. The summed E-state index contributed by atoms with van der Waals surface area (Å²) in [6.07, 6.45) is 3.67. The normalized spacial score (nSPS) is 15.1. The number of rotatable bonds is 7. The van der Waals surface area contributed by atoms with Crippen LogP contribution in [0.4, 0.5) is 0 Å². The zero-order valence-corrected chi connectivity index (χ0v) is 12.5. The van der Waals surface area contributed by atoms with E-state index in [2.05, 4.69) is 13.8 Å². The van der Waals surface area contributed by atoms with Crippen LogP contribution in [0.3, 0.4) is 0 Å². The quantitative estimate of drug-likeness (QED) is 0.794. The number of hydrogen-bond acceptors (Lipinski definition) is 3. The molecule has 1 aromatic rings. The van der Waals surface area contributed by atoms with Crippen molar-refractivity contribution in [1.29, 1.82) is 0 Å². The molecule has 3 nitrogen and oxygen atoms in total. The molecule has 0 bridgehead atoms. The fourth-order valence-corrected chi connectivity index (χ4v) is 1.94. The van der Waals surface area contributed by atoms with E-state index in [1.807, 2.05) is 24.3 Å². The highest BCUT2D eigenvalue weighted by Crippen LogP contribution is 2.25. The van der Waals surface area contributed by atoms with E-state index in [1.165, 1.54) is 12.8 Å². The van der Waals surface area contributed by atoms with Gasteiger partial charge >= 0.3 is 0 Å². The third-order valence-corrected chi connectivity index (χ3v) is 3.30. The highest BCUT2D eigenvalue weighted by atomic mass is 16.5. The lowest BCUT2D eigenvalue weighted by Crippen LogP contribution is -2.34. The third kappa shape index (κ3) is 5.21. The summed E-state index contributed by atoms with van der Waals surface area (Å²) in [5, 5.41) is 9.90. The molecule has 3 heteroatoms. The van der Waals surface area contributed by atoms with Gasteiger partial charge in [-0.3, -0.25) is 0 Å². The average molecular weight is 265 g/mol. The first-order valence-electron chi connectivity index (χ1n) is 7.09. The van der Waals surface area contributed by atoms with Gasteiger partial charge in [-0.25, -0.2) is 0 Å². The number of hydrogen-bond donors (Lipinski definition) is 2. The fourth-order valence-electron chi connectivity index (χ4n) is 1.94. The second-order valence-corrected chi connectivity index (χ2v) is 5.77. The minimum Gasteiger partial charge on any atom is -0.491 e. The van der Waals surface area contributed by atoms with E-state index >= 15 is 0 Å². The van der Waals surface area contributed by atoms with Gasteiger partial charge in [0.2, 0.25) is 0 Å². The molecule has 0 radical (unpaired) electrons. The standard InChI is InChI=1S/C16H27NO2/c1-5-6-7-12(2)19-14-10-8-13(9-11-14)15(17)16(3,4)18/h8-12,15,18H,5-7,17H2,1-4H3. The lowest BCUT2D eigenvalue weighted by molar-refractivity contribution is 0.0517. The maximum atomic E-state index is 9.90. The van der Waals surface area contributed by atoms with Crippen LogP contribution < -0.4 is 10.5 Å². The van der Waals surface area contributed by atoms with Crippen molar-refractivity contribution >= 4 is 0 Å². The summed E-state index contributed by atoms with van der Waals surface area (Å²) in [7, 11) is 0. The van der Waals surface area contributed by atoms with Crippen molar-refractivity contribution in [2.24, 2.45) is 5.73 Å². The van der Waals surface area contributed by atoms with Gasteiger partial charge in [0, 0.05) is 0 Å². The molecule has 0 amide bonds. The number of benzene rings is 1. The smallest absolute Gasteiger partial charge is 0.119 e. The van der Waals surface area contributed by atoms with Gasteiger partial charge in [0.15, 0.2) is 0 Å². The van der Waals surface area contributed by atoms with E-state index in [0.29, 0.717) is 0 Å². The van der Waals surface area contributed by atoms with E-state index in [4.69, 9.17) is 10.5 Å². The van der Waals surface area contributed by atoms with Crippen LogP contribution >= 0.6 is 0 Å². The van der Waals surface area contributed by atoms with Crippen LogP contribution in [-0.4, -0.2) is 16.8 Å². The van der Waals surface area contributed by atoms with Crippen molar-refractivity contribution in [1.82, 2.24) is 0 Å². The van der Waals surface area contributed by atoms with Gasteiger partial charge in [0.05, 0.1) is 17.7 Å². The molecule has 2 unspecified atom stereocenters. The first-order chi connectivity index (χ1) is 8.84. The van der Waals surface area contributed by atoms with E-state index in [1.54, 1.807) is 13.8 Å². The third-order valence-electron chi connectivity index (χ3n) is 3.30. The minimum atomic E-state index is -0.920. The summed E-state index contributed by atoms with van der Waals surface area (Å²) in [6, 6.07) is 7.29. The Kier molecular flexibility index (Phi) is 5.83. The molecule has 108 valence electrons. The second kappa shape index (κ2) is 6.92. The highest BCUT2D eigenvalue weighted by molar-refractivity contribution is 5.30. The summed E-state index contributed by atoms with van der Waals surface area (Å²) in [6.45, 7) is 7.70. The largest absolute Gasteiger partial charge is 0.491 e. The van der Waals surface area contributed by atoms with Gasteiger partial charge in [-0.05, 0) is 44.9 Å². The summed E-state index contributed by atoms with van der Waals surface area (Å²) >= 11 is 0. The van der Waals surface area contributed by atoms with Crippen molar-refractivity contribution in [3.8, 4) is 5.75 Å². The van der Waals surface area contributed by atoms with Gasteiger partial charge < -0.3 is 15.6 Å². The molecule has 0 aliphatic carbocycles. The predicted molar refractivity (Wildman–Crippen MR) is 79.3 cm³/mol. The molecule has 1 rings (SSSR count). The molecule has 19 heavy (non-hydrogen) atoms. The van der Waals surface area contributed by atoms with Gasteiger partial charge in [0.25, 0.3) is 0 Å². The number of aliphatic hydroxyl groups is 1. The van der Waals surface area contributed by atoms with Crippen molar-refractivity contribution in [3.05, 3.63) is 29.8 Å². The van der Waals surface area contributed by atoms with Crippen LogP contribution in [-0.2, 0) is 0 Å². The maximum Gasteiger partial charge on any atom is 0.119 e. The molecule has 0 heterocycles. The van der Waals surface area contributed by atoms with Crippen LogP contribution in [0, 0.1) is 0 Å². The van der Waals surface area contributed by atoms with Crippen LogP contribution in [0.15, 0.2) is 24.3 Å². The highest BCUT2D eigenvalue weighted by Gasteiger charge is 2.24. The molecule has 0 spiro atoms. The number of unbranched alkanes of at least 4 members (excludes halogenated alkanes) is 1. The van der Waals surface area contributed by atoms with Crippen LogP contribution in [0.2, 0.25) is 0 Å². The Bertz CT molecular complexity index is 367. The summed E-state index contributed by atoms with van der Waals surface area (Å²) in [5.41, 5.74) is 6.00. The minimum absolute atomic E-state index is 0.230. The van der Waals surface area contributed by atoms with Crippen molar-refractivity contribution in [2.45, 2.75) is 64.7 Å². The molecule has 0 saturated heterocycles. The Balaban J connectivity index is 2.61. The number of ether oxygens (including phenoxy) is 1. The van der Waals surface area contributed by atoms with Gasteiger partial charge in [-0.15, -0.1) is 0 Å². The van der Waals surface area contributed by atoms with Crippen LogP contribution in [0.25, 0.3) is 0 Å². The molecular formula is C16H27NO2. The topological polar surface area (TPSA) is 55.5 Å². The Morgan fingerprint density at radius 3 is 2.32 bits per heavy atom. The molecule has 3 N–H and O–H groups in total. The molecule has 1 aromatic carbocycles. The van der Waals surface area contributed by atoms with Gasteiger partial charge in [-0.1, -0.05) is 31.9 Å². The summed E-state index contributed by atoms with van der Waals surface area (Å²) in [4.78, 5) is 0. The Labute approximate surface area is 116 Å². The lowest BCUT2D eigenvalue weighted by Gasteiger charge is -2.26. The monoisotopic (exact) mass is 265 g/mol. The predicted octanol–water partition coefficient (Wildman–Crippen LogP) is 3.41. The van der Waals surface area contributed by atoms with Gasteiger partial charge in [0.1, 0.15) is 5.75 Å². The zero-order chi connectivity index (χ0) is 14.5. The first-order valence-corrected chi connectivity index (χ1v) is 7.09. The van der Waals surface area contributed by atoms with Crippen molar-refractivity contribution in [3.63, 3.8) is 0 Å². The molecule has 2 atom stereocenters. The van der Waals surface area contributed by atoms with Crippen LogP contribution in [0.1, 0.15) is 58.6 Å². The van der Waals surface area contributed by atoms with Crippen molar-refractivity contribution < 1.29 is 9.84 Å². The Morgan fingerprint density at radius 1 is 1.26 bits per heavy atom. The maximum absolute atomic E-state index is 9.90. The average Bonchev–Trinajstić information content (AvgIpc) is 2.35. The lowest BCUT2D eigenvalue weighted by atomic mass is 9.93. The SMILES string of the molecule is CCCCC(C)Oc1ccc(C(N)C(C)(C)O)cc1. The molecule has 0 aromatic heterocycles. The van der Waals surface area contributed by atoms with E-state index in [0.717, 1.165) is 17.7 Å². The Hall–Kier alpha value is -1.06. The summed E-state index contributed by atoms with van der Waals surface area (Å²) in [5.74, 6) is 0.857. The van der Waals surface area contributed by atoms with Crippen LogP contribution in [0.5, 0.6) is 5.75 Å². The Morgan fingerprint density at radius 2 is 1.84 bits per heavy atom. The van der Waals surface area contributed by atoms with E-state index < -0.39 is 5.60 Å². The van der Waals surface area contributed by atoms with E-state index in [-0.39, 0.29) is 12.1 Å². The molecule has 0 aliphatic heterocycles. The summed E-state index contributed by atoms with van der Waals surface area (Å²) < 4.78 is 5.83. The van der Waals surface area contributed by atoms with Gasteiger partial charge in [-0.2, -0.15) is 0 Å².